The van der Waals surface area contributed by atoms with E-state index in [0.717, 1.165) is 43.6 Å². The van der Waals surface area contributed by atoms with Gasteiger partial charge in [-0.15, -0.1) is 0 Å². The maximum atomic E-state index is 12.8. The number of hydrogen-bond acceptors (Lipinski definition) is 4. The minimum absolute atomic E-state index is 0.0198. The van der Waals surface area contributed by atoms with Crippen LogP contribution in [0.5, 0.6) is 5.75 Å². The standard InChI is InChI=1S/C22H27NO4S/c1-17-4-7-21(8-5-17)28(24,25)23-12-10-20(16-23)26-13-2-3-18-6-9-22-19(15-18)11-14-27-22/h4-9,15,20H,2-3,10-14,16H2,1H3/t20-/m0/s1. The van der Waals surface area contributed by atoms with Gasteiger partial charge in [0, 0.05) is 26.1 Å². The van der Waals surface area contributed by atoms with E-state index in [4.69, 9.17) is 9.47 Å². The molecule has 1 atom stereocenters. The van der Waals surface area contributed by atoms with Crippen LogP contribution in [0.15, 0.2) is 47.4 Å². The molecule has 0 N–H and O–H groups in total. The molecule has 28 heavy (non-hydrogen) atoms. The van der Waals surface area contributed by atoms with Gasteiger partial charge in [-0.3, -0.25) is 0 Å². The normalized spacial score (nSPS) is 19.5. The third kappa shape index (κ3) is 4.24. The Bertz CT molecular complexity index is 924. The lowest BCUT2D eigenvalue weighted by molar-refractivity contribution is 0.0621. The van der Waals surface area contributed by atoms with Gasteiger partial charge < -0.3 is 9.47 Å². The molecule has 2 aliphatic rings. The second kappa shape index (κ2) is 8.23. The van der Waals surface area contributed by atoms with Crippen LogP contribution in [-0.2, 0) is 27.6 Å². The Labute approximate surface area is 167 Å². The third-order valence-electron chi connectivity index (χ3n) is 5.48. The zero-order valence-corrected chi connectivity index (χ0v) is 17.1. The molecule has 2 aromatic rings. The molecule has 0 aromatic heterocycles. The number of ether oxygens (including phenoxy) is 2. The van der Waals surface area contributed by atoms with Crippen molar-refractivity contribution in [2.75, 3.05) is 26.3 Å². The SMILES string of the molecule is Cc1ccc(S(=O)(=O)N2CC[C@H](OCCCc3ccc4c(c3)CCO4)C2)cc1. The van der Waals surface area contributed by atoms with E-state index in [1.54, 1.807) is 16.4 Å². The summed E-state index contributed by atoms with van der Waals surface area (Å²) < 4.78 is 38.6. The molecule has 0 bridgehead atoms. The van der Waals surface area contributed by atoms with Crippen molar-refractivity contribution >= 4 is 10.0 Å². The average molecular weight is 402 g/mol. The Morgan fingerprint density at radius 3 is 2.82 bits per heavy atom. The van der Waals surface area contributed by atoms with Gasteiger partial charge in [0.25, 0.3) is 0 Å². The number of fused-ring (bicyclic) bond motifs is 1. The highest BCUT2D eigenvalue weighted by Crippen LogP contribution is 2.26. The number of benzene rings is 2. The van der Waals surface area contributed by atoms with Crippen LogP contribution in [0.3, 0.4) is 0 Å². The molecule has 2 aliphatic heterocycles. The molecule has 0 amide bonds. The minimum atomic E-state index is -3.43. The van der Waals surface area contributed by atoms with Gasteiger partial charge in [0.1, 0.15) is 5.75 Å². The first-order chi connectivity index (χ1) is 13.5. The van der Waals surface area contributed by atoms with Crippen LogP contribution in [0, 0.1) is 6.92 Å². The van der Waals surface area contributed by atoms with Crippen molar-refractivity contribution in [3.8, 4) is 5.75 Å². The lowest BCUT2D eigenvalue weighted by atomic mass is 10.1. The predicted molar refractivity (Wildman–Crippen MR) is 108 cm³/mol. The van der Waals surface area contributed by atoms with Crippen molar-refractivity contribution in [2.24, 2.45) is 0 Å². The number of sulfonamides is 1. The Kier molecular flexibility index (Phi) is 5.71. The molecule has 0 radical (unpaired) electrons. The molecule has 2 aromatic carbocycles. The van der Waals surface area contributed by atoms with E-state index < -0.39 is 10.0 Å². The first-order valence-electron chi connectivity index (χ1n) is 9.95. The molecule has 0 spiro atoms. The van der Waals surface area contributed by atoms with Gasteiger partial charge in [-0.2, -0.15) is 4.31 Å². The monoisotopic (exact) mass is 401 g/mol. The summed E-state index contributed by atoms with van der Waals surface area (Å²) in [6, 6.07) is 13.4. The van der Waals surface area contributed by atoms with Gasteiger partial charge in [0.15, 0.2) is 0 Å². The highest BCUT2D eigenvalue weighted by Gasteiger charge is 2.32. The molecule has 2 heterocycles. The topological polar surface area (TPSA) is 55.8 Å². The van der Waals surface area contributed by atoms with Crippen molar-refractivity contribution in [3.63, 3.8) is 0 Å². The summed E-state index contributed by atoms with van der Waals surface area (Å²) in [5, 5.41) is 0. The third-order valence-corrected chi connectivity index (χ3v) is 7.36. The average Bonchev–Trinajstić information content (AvgIpc) is 3.35. The van der Waals surface area contributed by atoms with Crippen LogP contribution in [0.1, 0.15) is 29.5 Å². The van der Waals surface area contributed by atoms with Crippen molar-refractivity contribution in [3.05, 3.63) is 59.2 Å². The van der Waals surface area contributed by atoms with Crippen LogP contribution in [-0.4, -0.2) is 45.1 Å². The van der Waals surface area contributed by atoms with Gasteiger partial charge in [-0.05, 0) is 55.5 Å². The van der Waals surface area contributed by atoms with Crippen LogP contribution in [0.25, 0.3) is 0 Å². The van der Waals surface area contributed by atoms with Crippen LogP contribution in [0.2, 0.25) is 0 Å². The first-order valence-corrected chi connectivity index (χ1v) is 11.4. The summed E-state index contributed by atoms with van der Waals surface area (Å²) >= 11 is 0. The molecule has 0 aliphatic carbocycles. The fourth-order valence-electron chi connectivity index (χ4n) is 3.83. The summed E-state index contributed by atoms with van der Waals surface area (Å²) in [5.74, 6) is 1.01. The fraction of sp³-hybridized carbons (Fsp3) is 0.455. The van der Waals surface area contributed by atoms with E-state index in [1.165, 1.54) is 11.1 Å². The molecule has 150 valence electrons. The van der Waals surface area contributed by atoms with Gasteiger partial charge in [0.2, 0.25) is 10.0 Å². The quantitative estimate of drug-likeness (QED) is 0.668. The molecular formula is C22H27NO4S. The second-order valence-electron chi connectivity index (χ2n) is 7.60. The van der Waals surface area contributed by atoms with Crippen LogP contribution < -0.4 is 4.74 Å². The molecule has 0 unspecified atom stereocenters. The number of aryl methyl sites for hydroxylation is 2. The summed E-state index contributed by atoms with van der Waals surface area (Å²) in [6.07, 6.45) is 3.62. The molecule has 1 fully saturated rings. The largest absolute Gasteiger partial charge is 0.493 e. The van der Waals surface area contributed by atoms with Gasteiger partial charge in [-0.25, -0.2) is 8.42 Å². The fourth-order valence-corrected chi connectivity index (χ4v) is 5.32. The molecular weight excluding hydrogens is 374 g/mol. The van der Waals surface area contributed by atoms with Crippen molar-refractivity contribution < 1.29 is 17.9 Å². The van der Waals surface area contributed by atoms with Crippen LogP contribution >= 0.6 is 0 Å². The zero-order valence-electron chi connectivity index (χ0n) is 16.3. The second-order valence-corrected chi connectivity index (χ2v) is 9.54. The van der Waals surface area contributed by atoms with E-state index in [-0.39, 0.29) is 6.10 Å². The van der Waals surface area contributed by atoms with E-state index in [1.807, 2.05) is 19.1 Å². The molecule has 4 rings (SSSR count). The summed E-state index contributed by atoms with van der Waals surface area (Å²) in [5.41, 5.74) is 3.66. The Hall–Kier alpha value is -1.89. The lowest BCUT2D eigenvalue weighted by Gasteiger charge is -2.17. The number of hydrogen-bond donors (Lipinski definition) is 0. The Morgan fingerprint density at radius 2 is 2.00 bits per heavy atom. The van der Waals surface area contributed by atoms with Crippen molar-refractivity contribution in [1.82, 2.24) is 4.31 Å². The predicted octanol–water partition coefficient (Wildman–Crippen LogP) is 3.34. The number of rotatable bonds is 7. The highest BCUT2D eigenvalue weighted by atomic mass is 32.2. The number of nitrogens with zero attached hydrogens (tertiary/aromatic N) is 1. The summed E-state index contributed by atoms with van der Waals surface area (Å²) in [6.45, 7) is 4.34. The van der Waals surface area contributed by atoms with Crippen molar-refractivity contribution in [2.45, 2.75) is 43.6 Å². The molecule has 0 saturated carbocycles. The molecule has 1 saturated heterocycles. The van der Waals surface area contributed by atoms with E-state index in [9.17, 15) is 8.42 Å². The minimum Gasteiger partial charge on any atom is -0.493 e. The Balaban J connectivity index is 1.24. The Morgan fingerprint density at radius 1 is 1.18 bits per heavy atom. The summed E-state index contributed by atoms with van der Waals surface area (Å²) in [4.78, 5) is 0.360. The van der Waals surface area contributed by atoms with Crippen LogP contribution in [0.4, 0.5) is 0 Å². The zero-order chi connectivity index (χ0) is 19.6. The maximum Gasteiger partial charge on any atom is 0.243 e. The molecule has 6 heteroatoms. The highest BCUT2D eigenvalue weighted by molar-refractivity contribution is 7.89. The maximum absolute atomic E-state index is 12.8. The smallest absolute Gasteiger partial charge is 0.243 e. The lowest BCUT2D eigenvalue weighted by Crippen LogP contribution is -2.30. The van der Waals surface area contributed by atoms with Crippen molar-refractivity contribution in [1.29, 1.82) is 0 Å². The first kappa shape index (κ1) is 19.4. The van der Waals surface area contributed by atoms with E-state index >= 15 is 0 Å². The van der Waals surface area contributed by atoms with Gasteiger partial charge in [0.05, 0.1) is 17.6 Å². The van der Waals surface area contributed by atoms with Gasteiger partial charge >= 0.3 is 0 Å². The van der Waals surface area contributed by atoms with Gasteiger partial charge in [-0.1, -0.05) is 29.8 Å². The van der Waals surface area contributed by atoms with E-state index in [0.29, 0.717) is 24.6 Å². The summed E-state index contributed by atoms with van der Waals surface area (Å²) in [7, 11) is -3.43. The van der Waals surface area contributed by atoms with E-state index in [2.05, 4.69) is 18.2 Å². The molecule has 5 nitrogen and oxygen atoms in total.